The average Bonchev–Trinajstić information content (AvgIpc) is 2.67. The molecule has 2 aromatic rings. The summed E-state index contributed by atoms with van der Waals surface area (Å²) in [7, 11) is -2.92. The van der Waals surface area contributed by atoms with E-state index in [0.29, 0.717) is 5.69 Å². The number of carbonyl (C=O) groups is 2. The van der Waals surface area contributed by atoms with Crippen molar-refractivity contribution in [2.75, 3.05) is 12.4 Å². The van der Waals surface area contributed by atoms with Gasteiger partial charge >= 0.3 is 6.03 Å². The molecule has 0 bridgehead atoms. The second kappa shape index (κ2) is 9.21. The van der Waals surface area contributed by atoms with E-state index in [2.05, 4.69) is 20.6 Å². The molecule has 0 saturated carbocycles. The van der Waals surface area contributed by atoms with Gasteiger partial charge in [0.15, 0.2) is 5.03 Å². The molecule has 0 spiro atoms. The molecular weight excluding hydrogens is 406 g/mol. The van der Waals surface area contributed by atoms with E-state index in [0.717, 1.165) is 29.1 Å². The zero-order valence-electron chi connectivity index (χ0n) is 17.9. The lowest BCUT2D eigenvalue weighted by Crippen LogP contribution is -2.35. The zero-order valence-corrected chi connectivity index (χ0v) is 18.7. The molecule has 0 aliphatic heterocycles. The Morgan fingerprint density at radius 3 is 2.03 bits per heavy atom. The maximum atomic E-state index is 12.6. The summed E-state index contributed by atoms with van der Waals surface area (Å²) >= 11 is 0. The summed E-state index contributed by atoms with van der Waals surface area (Å²) in [5, 5.41) is 4.56. The molecule has 3 amide bonds. The van der Waals surface area contributed by atoms with Crippen molar-refractivity contribution in [2.45, 2.75) is 51.5 Å². The van der Waals surface area contributed by atoms with E-state index in [1.807, 2.05) is 51.5 Å². The number of anilines is 1. The quantitative estimate of drug-likeness (QED) is 0.601. The number of aryl methyl sites for hydroxylation is 1. The van der Waals surface area contributed by atoms with Gasteiger partial charge in [-0.05, 0) is 29.9 Å². The minimum Gasteiger partial charge on any atom is -0.354 e. The molecule has 9 nitrogen and oxygen atoms in total. The third-order valence-corrected chi connectivity index (χ3v) is 5.66. The molecular formula is C20H27N5O4S. The van der Waals surface area contributed by atoms with Gasteiger partial charge in [-0.3, -0.25) is 4.79 Å². The molecule has 0 aliphatic carbocycles. The molecule has 0 radical (unpaired) electrons. The van der Waals surface area contributed by atoms with Crippen LogP contribution in [-0.2, 0) is 10.0 Å². The first-order valence-corrected chi connectivity index (χ1v) is 11.0. The highest BCUT2D eigenvalue weighted by molar-refractivity contribution is 7.90. The van der Waals surface area contributed by atoms with Crippen molar-refractivity contribution in [3.8, 4) is 0 Å². The van der Waals surface area contributed by atoms with Crippen molar-refractivity contribution in [1.29, 1.82) is 0 Å². The number of amides is 3. The smallest absolute Gasteiger partial charge is 0.333 e. The highest BCUT2D eigenvalue weighted by atomic mass is 32.2. The van der Waals surface area contributed by atoms with Crippen LogP contribution in [0, 0.1) is 6.92 Å². The molecule has 0 aliphatic rings. The number of rotatable bonds is 6. The van der Waals surface area contributed by atoms with Crippen LogP contribution in [0.25, 0.3) is 0 Å². The van der Waals surface area contributed by atoms with E-state index in [4.69, 9.17) is 0 Å². The Kier molecular flexibility index (Phi) is 7.14. The molecule has 0 atom stereocenters. The fourth-order valence-electron chi connectivity index (χ4n) is 2.95. The minimum absolute atomic E-state index is 0.117. The van der Waals surface area contributed by atoms with Gasteiger partial charge in [-0.1, -0.05) is 45.4 Å². The van der Waals surface area contributed by atoms with Crippen LogP contribution in [0.1, 0.15) is 66.7 Å². The third-order valence-electron chi connectivity index (χ3n) is 4.43. The highest BCUT2D eigenvalue weighted by Crippen LogP contribution is 2.33. The van der Waals surface area contributed by atoms with E-state index >= 15 is 0 Å². The van der Waals surface area contributed by atoms with Crippen LogP contribution in [-0.4, -0.2) is 37.4 Å². The molecule has 1 aromatic carbocycles. The van der Waals surface area contributed by atoms with Crippen LogP contribution in [0.5, 0.6) is 0 Å². The number of carbonyl (C=O) groups excluding carboxylic acids is 2. The van der Waals surface area contributed by atoms with Gasteiger partial charge in [0.05, 0.1) is 0 Å². The molecule has 0 saturated heterocycles. The number of urea groups is 1. The third kappa shape index (κ3) is 5.32. The van der Waals surface area contributed by atoms with Crippen molar-refractivity contribution in [2.24, 2.45) is 0 Å². The minimum atomic E-state index is -4.31. The molecule has 0 fully saturated rings. The monoisotopic (exact) mass is 433 g/mol. The Morgan fingerprint density at radius 2 is 1.53 bits per heavy atom. The molecule has 30 heavy (non-hydrogen) atoms. The fourth-order valence-corrected chi connectivity index (χ4v) is 3.80. The van der Waals surface area contributed by atoms with E-state index in [1.165, 1.54) is 7.05 Å². The summed E-state index contributed by atoms with van der Waals surface area (Å²) in [6.45, 7) is 9.98. The van der Waals surface area contributed by atoms with Gasteiger partial charge in [0.25, 0.3) is 15.9 Å². The van der Waals surface area contributed by atoms with Gasteiger partial charge in [-0.15, -0.1) is 0 Å². The number of hydrogen-bond acceptors (Lipinski definition) is 6. The van der Waals surface area contributed by atoms with Crippen molar-refractivity contribution in [3.63, 3.8) is 0 Å². The van der Waals surface area contributed by atoms with E-state index in [9.17, 15) is 18.0 Å². The predicted molar refractivity (Wildman–Crippen MR) is 114 cm³/mol. The number of hydrogen-bond donors (Lipinski definition) is 3. The SMILES string of the molecule is CNC(=O)c1cc(S(=O)(=O)NC(=O)Nc2c(C(C)C)cc(C)cc2C(C)C)ncn1. The number of benzene rings is 1. The maximum absolute atomic E-state index is 12.6. The second-order valence-electron chi connectivity index (χ2n) is 7.51. The first kappa shape index (κ1) is 23.3. The Morgan fingerprint density at radius 1 is 0.967 bits per heavy atom. The summed E-state index contributed by atoms with van der Waals surface area (Å²) in [5.74, 6) is -0.335. The molecule has 0 unspecified atom stereocenters. The summed E-state index contributed by atoms with van der Waals surface area (Å²) in [4.78, 5) is 31.7. The van der Waals surface area contributed by atoms with Crippen molar-refractivity contribution < 1.29 is 18.0 Å². The lowest BCUT2D eigenvalue weighted by atomic mass is 9.90. The normalized spacial score (nSPS) is 11.5. The molecule has 162 valence electrons. The molecule has 1 aromatic heterocycles. The van der Waals surface area contributed by atoms with Crippen LogP contribution in [0.2, 0.25) is 0 Å². The fraction of sp³-hybridized carbons (Fsp3) is 0.400. The molecule has 1 heterocycles. The van der Waals surface area contributed by atoms with Gasteiger partial charge in [-0.25, -0.2) is 19.5 Å². The van der Waals surface area contributed by atoms with E-state index in [-0.39, 0.29) is 17.5 Å². The first-order valence-electron chi connectivity index (χ1n) is 9.48. The largest absolute Gasteiger partial charge is 0.354 e. The topological polar surface area (TPSA) is 130 Å². The summed E-state index contributed by atoms with van der Waals surface area (Å²) in [5.41, 5.74) is 3.34. The first-order chi connectivity index (χ1) is 14.0. The van der Waals surface area contributed by atoms with Gasteiger partial charge < -0.3 is 10.6 Å². The van der Waals surface area contributed by atoms with Crippen molar-refractivity contribution >= 4 is 27.6 Å². The molecule has 2 rings (SSSR count). The average molecular weight is 434 g/mol. The second-order valence-corrected chi connectivity index (χ2v) is 9.14. The Labute approximate surface area is 176 Å². The highest BCUT2D eigenvalue weighted by Gasteiger charge is 2.23. The summed E-state index contributed by atoms with van der Waals surface area (Å²) in [6, 6.07) is 4.03. The van der Waals surface area contributed by atoms with Gasteiger partial charge in [0.1, 0.15) is 12.0 Å². The van der Waals surface area contributed by atoms with E-state index in [1.54, 1.807) is 0 Å². The van der Waals surface area contributed by atoms with E-state index < -0.39 is 27.0 Å². The Bertz CT molecular complexity index is 1040. The molecule has 10 heteroatoms. The lowest BCUT2D eigenvalue weighted by Gasteiger charge is -2.21. The van der Waals surface area contributed by atoms with Gasteiger partial charge in [0.2, 0.25) is 0 Å². The summed E-state index contributed by atoms with van der Waals surface area (Å²) in [6.07, 6.45) is 0.949. The molecule has 3 N–H and O–H groups in total. The van der Waals surface area contributed by atoms with Crippen LogP contribution in [0.15, 0.2) is 29.6 Å². The zero-order chi connectivity index (χ0) is 22.6. The standard InChI is InChI=1S/C20H27N5O4S/c1-11(2)14-7-13(5)8-15(12(3)4)18(14)24-20(27)25-30(28,29)17-9-16(19(26)21-6)22-10-23-17/h7-12H,1-6H3,(H,21,26)(H2,24,25,27). The number of aromatic nitrogens is 2. The lowest BCUT2D eigenvalue weighted by molar-refractivity contribution is 0.0957. The van der Waals surface area contributed by atoms with Crippen LogP contribution >= 0.6 is 0 Å². The maximum Gasteiger partial charge on any atom is 0.333 e. The Balaban J connectivity index is 2.35. The number of nitrogens with zero attached hydrogens (tertiary/aromatic N) is 2. The predicted octanol–water partition coefficient (Wildman–Crippen LogP) is 2.90. The number of nitrogens with one attached hydrogen (secondary N) is 3. The summed E-state index contributed by atoms with van der Waals surface area (Å²) < 4.78 is 27.1. The van der Waals surface area contributed by atoms with Gasteiger partial charge in [0, 0.05) is 18.8 Å². The van der Waals surface area contributed by atoms with Crippen LogP contribution < -0.4 is 15.4 Å². The van der Waals surface area contributed by atoms with Gasteiger partial charge in [-0.2, -0.15) is 8.42 Å². The van der Waals surface area contributed by atoms with Crippen molar-refractivity contribution in [1.82, 2.24) is 20.0 Å². The number of sulfonamides is 1. The van der Waals surface area contributed by atoms with Crippen molar-refractivity contribution in [3.05, 3.63) is 46.9 Å². The van der Waals surface area contributed by atoms with Crippen LogP contribution in [0.3, 0.4) is 0 Å². The Hall–Kier alpha value is -3.01. The van der Waals surface area contributed by atoms with Crippen LogP contribution in [0.4, 0.5) is 10.5 Å².